The van der Waals surface area contributed by atoms with Gasteiger partial charge in [0.15, 0.2) is 5.69 Å². The van der Waals surface area contributed by atoms with Crippen molar-refractivity contribution >= 4 is 27.8 Å². The van der Waals surface area contributed by atoms with Crippen molar-refractivity contribution in [1.82, 2.24) is 25.6 Å². The van der Waals surface area contributed by atoms with Gasteiger partial charge in [-0.25, -0.2) is 9.48 Å². The first-order valence-corrected chi connectivity index (χ1v) is 10.4. The molecule has 1 aromatic carbocycles. The van der Waals surface area contributed by atoms with Crippen molar-refractivity contribution in [2.45, 2.75) is 49.9 Å². The Kier molecular flexibility index (Phi) is 6.99. The van der Waals surface area contributed by atoms with E-state index in [-0.39, 0.29) is 17.5 Å². The lowest BCUT2D eigenvalue weighted by molar-refractivity contribution is -0.192. The molecule has 2 heterocycles. The minimum Gasteiger partial charge on any atom is -0.475 e. The van der Waals surface area contributed by atoms with E-state index in [0.29, 0.717) is 5.69 Å². The molecular weight excluding hydrogens is 483 g/mol. The van der Waals surface area contributed by atoms with Crippen molar-refractivity contribution in [3.8, 4) is 5.69 Å². The van der Waals surface area contributed by atoms with Gasteiger partial charge < -0.3 is 15.7 Å². The lowest BCUT2D eigenvalue weighted by atomic mass is 9.70. The molecule has 1 unspecified atom stereocenters. The maximum atomic E-state index is 12.5. The Morgan fingerprint density at radius 1 is 1.29 bits per heavy atom. The Morgan fingerprint density at radius 2 is 1.97 bits per heavy atom. The van der Waals surface area contributed by atoms with Crippen LogP contribution in [0.2, 0.25) is 0 Å². The Bertz CT molecular complexity index is 946. The van der Waals surface area contributed by atoms with Gasteiger partial charge in [-0.05, 0) is 66.7 Å². The van der Waals surface area contributed by atoms with Crippen molar-refractivity contribution in [3.63, 3.8) is 0 Å². The van der Waals surface area contributed by atoms with Crippen LogP contribution in [0.15, 0.2) is 34.9 Å². The fraction of sp³-hybridized carbons (Fsp3) is 0.474. The number of rotatable bonds is 3. The van der Waals surface area contributed by atoms with E-state index in [4.69, 9.17) is 9.90 Å². The summed E-state index contributed by atoms with van der Waals surface area (Å²) in [5.74, 6) is -2.90. The number of alkyl halides is 3. The lowest BCUT2D eigenvalue weighted by Crippen LogP contribution is -2.59. The second-order valence-electron chi connectivity index (χ2n) is 7.53. The Labute approximate surface area is 184 Å². The molecule has 1 atom stereocenters. The van der Waals surface area contributed by atoms with E-state index in [0.717, 1.165) is 29.5 Å². The standard InChI is InChI=1S/C17H20BrN5O.C2HF3O2/c18-13-4-1-2-5-15(13)23-11-14(21-22-23)16(24)20-12-6-9-19-17(10-12)7-3-8-17;3-2(4,5)1(6)7/h1-2,4-5,11-12,19H,3,6-10H2,(H,20,24);(H,6,7). The van der Waals surface area contributed by atoms with Crippen LogP contribution < -0.4 is 10.6 Å². The molecule has 2 aromatic rings. The first-order chi connectivity index (χ1) is 14.6. The largest absolute Gasteiger partial charge is 0.490 e. The number of aliphatic carboxylic acids is 1. The van der Waals surface area contributed by atoms with E-state index in [1.165, 1.54) is 19.3 Å². The summed E-state index contributed by atoms with van der Waals surface area (Å²) in [6.45, 7) is 0.967. The van der Waals surface area contributed by atoms with Crippen LogP contribution >= 0.6 is 15.9 Å². The van der Waals surface area contributed by atoms with E-state index < -0.39 is 12.1 Å². The maximum Gasteiger partial charge on any atom is 0.490 e. The highest BCUT2D eigenvalue weighted by atomic mass is 79.9. The van der Waals surface area contributed by atoms with Crippen LogP contribution in [0.4, 0.5) is 13.2 Å². The highest BCUT2D eigenvalue weighted by Crippen LogP contribution is 2.38. The number of hydrogen-bond donors (Lipinski definition) is 3. The summed E-state index contributed by atoms with van der Waals surface area (Å²) in [5.41, 5.74) is 1.48. The van der Waals surface area contributed by atoms with Gasteiger partial charge in [0.25, 0.3) is 5.91 Å². The lowest BCUT2D eigenvalue weighted by Gasteiger charge is -2.48. The molecule has 2 aliphatic rings. The molecule has 1 aliphatic heterocycles. The summed E-state index contributed by atoms with van der Waals surface area (Å²) < 4.78 is 34.3. The monoisotopic (exact) mass is 503 g/mol. The molecular formula is C19H21BrF3N5O3. The number of piperidine rings is 1. The van der Waals surface area contributed by atoms with Gasteiger partial charge in [0.2, 0.25) is 0 Å². The van der Waals surface area contributed by atoms with Crippen molar-refractivity contribution in [3.05, 3.63) is 40.6 Å². The number of carboxylic acid groups (broad SMARTS) is 1. The van der Waals surface area contributed by atoms with Crippen LogP contribution in [0.25, 0.3) is 5.69 Å². The number of halogens is 4. The summed E-state index contributed by atoms with van der Waals surface area (Å²) in [4.78, 5) is 21.4. The van der Waals surface area contributed by atoms with E-state index in [9.17, 15) is 18.0 Å². The topological polar surface area (TPSA) is 109 Å². The van der Waals surface area contributed by atoms with Gasteiger partial charge in [-0.15, -0.1) is 5.10 Å². The van der Waals surface area contributed by atoms with Gasteiger partial charge >= 0.3 is 12.1 Å². The van der Waals surface area contributed by atoms with Gasteiger partial charge in [0.1, 0.15) is 0 Å². The first kappa shape index (κ1) is 23.2. The third-order valence-electron chi connectivity index (χ3n) is 5.34. The van der Waals surface area contributed by atoms with E-state index in [1.807, 2.05) is 24.3 Å². The molecule has 8 nitrogen and oxygen atoms in total. The van der Waals surface area contributed by atoms with Crippen LogP contribution in [-0.2, 0) is 4.79 Å². The zero-order valence-corrected chi connectivity index (χ0v) is 17.9. The molecule has 3 N–H and O–H groups in total. The number of para-hydroxylation sites is 1. The van der Waals surface area contributed by atoms with E-state index >= 15 is 0 Å². The molecule has 1 saturated carbocycles. The third kappa shape index (κ3) is 5.82. The number of nitrogens with one attached hydrogen (secondary N) is 2. The Hall–Kier alpha value is -2.47. The Balaban J connectivity index is 0.000000339. The molecule has 1 aliphatic carbocycles. The number of carbonyl (C=O) groups is 2. The van der Waals surface area contributed by atoms with Crippen LogP contribution in [0.5, 0.6) is 0 Å². The minimum atomic E-state index is -5.08. The maximum absolute atomic E-state index is 12.5. The summed E-state index contributed by atoms with van der Waals surface area (Å²) in [6.07, 6.45) is 2.29. The van der Waals surface area contributed by atoms with E-state index in [2.05, 4.69) is 36.9 Å². The number of aromatic nitrogens is 3. The van der Waals surface area contributed by atoms with Crippen molar-refractivity contribution in [2.75, 3.05) is 6.54 Å². The summed E-state index contributed by atoms with van der Waals surface area (Å²) in [6, 6.07) is 7.94. The first-order valence-electron chi connectivity index (χ1n) is 9.63. The number of carbonyl (C=O) groups excluding carboxylic acids is 1. The van der Waals surface area contributed by atoms with Crippen LogP contribution in [0, 0.1) is 0 Å². The molecule has 1 spiro atoms. The fourth-order valence-electron chi connectivity index (χ4n) is 3.65. The molecule has 0 bridgehead atoms. The predicted molar refractivity (Wildman–Crippen MR) is 108 cm³/mol. The second-order valence-corrected chi connectivity index (χ2v) is 8.38. The smallest absolute Gasteiger partial charge is 0.475 e. The molecule has 1 aromatic heterocycles. The number of benzene rings is 1. The fourth-order valence-corrected chi connectivity index (χ4v) is 4.11. The highest BCUT2D eigenvalue weighted by molar-refractivity contribution is 9.10. The second kappa shape index (κ2) is 9.35. The number of nitrogens with zero attached hydrogens (tertiary/aromatic N) is 3. The molecule has 168 valence electrons. The van der Waals surface area contributed by atoms with Gasteiger partial charge in [0.05, 0.1) is 11.9 Å². The zero-order chi connectivity index (χ0) is 22.6. The third-order valence-corrected chi connectivity index (χ3v) is 6.01. The molecule has 4 rings (SSSR count). The molecule has 1 saturated heterocycles. The normalized spacial score (nSPS) is 19.7. The van der Waals surface area contributed by atoms with Gasteiger partial charge in [0, 0.05) is 16.1 Å². The van der Waals surface area contributed by atoms with Crippen LogP contribution in [0.3, 0.4) is 0 Å². The number of hydrogen-bond acceptors (Lipinski definition) is 5. The minimum absolute atomic E-state index is 0.144. The van der Waals surface area contributed by atoms with Gasteiger partial charge in [-0.2, -0.15) is 13.2 Å². The molecule has 31 heavy (non-hydrogen) atoms. The molecule has 12 heteroatoms. The zero-order valence-electron chi connectivity index (χ0n) is 16.3. The van der Waals surface area contributed by atoms with E-state index in [1.54, 1.807) is 10.9 Å². The Morgan fingerprint density at radius 3 is 2.55 bits per heavy atom. The SMILES string of the molecule is O=C(NC1CCNC2(CCC2)C1)c1cn(-c2ccccc2Br)nn1.O=C(O)C(F)(F)F. The predicted octanol–water partition coefficient (Wildman–Crippen LogP) is 3.07. The molecule has 0 radical (unpaired) electrons. The van der Waals surface area contributed by atoms with Crippen molar-refractivity contribution in [2.24, 2.45) is 0 Å². The summed E-state index contributed by atoms with van der Waals surface area (Å²) in [7, 11) is 0. The average molecular weight is 504 g/mol. The van der Waals surface area contributed by atoms with Crippen LogP contribution in [0.1, 0.15) is 42.6 Å². The number of carboxylic acids is 1. The van der Waals surface area contributed by atoms with Gasteiger partial charge in [-0.1, -0.05) is 17.3 Å². The quantitative estimate of drug-likeness (QED) is 0.593. The molecule has 1 amide bonds. The average Bonchev–Trinajstić information content (AvgIpc) is 3.17. The van der Waals surface area contributed by atoms with Gasteiger partial charge in [-0.3, -0.25) is 4.79 Å². The van der Waals surface area contributed by atoms with Crippen molar-refractivity contribution in [1.29, 1.82) is 0 Å². The summed E-state index contributed by atoms with van der Waals surface area (Å²) >= 11 is 3.49. The van der Waals surface area contributed by atoms with Crippen molar-refractivity contribution < 1.29 is 27.9 Å². The highest BCUT2D eigenvalue weighted by Gasteiger charge is 2.41. The molecule has 2 fully saturated rings. The number of amides is 1. The van der Waals surface area contributed by atoms with Crippen LogP contribution in [-0.4, -0.2) is 56.3 Å². The summed E-state index contributed by atoms with van der Waals surface area (Å²) in [5, 5.41) is 22.0.